The number of aromatic amines is 1. The number of H-pyrrole nitrogens is 1. The summed E-state index contributed by atoms with van der Waals surface area (Å²) in [4.78, 5) is 51.4. The predicted molar refractivity (Wildman–Crippen MR) is 160 cm³/mol. The quantitative estimate of drug-likeness (QED) is 0.492. The minimum absolute atomic E-state index is 0.155. The Balaban J connectivity index is 1.22. The first-order valence-electron chi connectivity index (χ1n) is 16.0. The molecule has 10 nitrogen and oxygen atoms in total. The van der Waals surface area contributed by atoms with E-state index in [0.29, 0.717) is 32.4 Å². The fraction of sp³-hybridized carbons (Fsp3) is 0.667. The Hall–Kier alpha value is -2.95. The zero-order chi connectivity index (χ0) is 30.6. The summed E-state index contributed by atoms with van der Waals surface area (Å²) in [5.74, 6) is -3.67. The van der Waals surface area contributed by atoms with Crippen LogP contribution in [0.1, 0.15) is 77.3 Å². The number of amides is 3. The SMILES string of the molecule is CCC(C)(C)[C@@H]1C(=O)N2CCC[C@@H]2[C@]2(O)O[C@](NC(=O)[C@@H]3C[C@H]4c5cccc6[nH]cc(c56)C[C@@H]4N(C)C3)(C(C)C)C(=O)N12. The normalized spacial score (nSPS) is 35.9. The smallest absolute Gasteiger partial charge is 0.281 e. The number of fused-ring (bicyclic) bond motifs is 5. The highest BCUT2D eigenvalue weighted by atomic mass is 16.7. The number of nitrogens with one attached hydrogen (secondary N) is 2. The van der Waals surface area contributed by atoms with Crippen LogP contribution in [-0.2, 0) is 25.5 Å². The van der Waals surface area contributed by atoms with Gasteiger partial charge in [0.1, 0.15) is 12.1 Å². The lowest BCUT2D eigenvalue weighted by molar-refractivity contribution is -0.326. The molecule has 1 aliphatic carbocycles. The van der Waals surface area contributed by atoms with Gasteiger partial charge in [-0.2, -0.15) is 0 Å². The monoisotopic (exact) mass is 591 g/mol. The van der Waals surface area contributed by atoms with Crippen molar-refractivity contribution in [3.8, 4) is 0 Å². The molecule has 0 spiro atoms. The first kappa shape index (κ1) is 28.8. The Morgan fingerprint density at radius 1 is 1.28 bits per heavy atom. The Morgan fingerprint density at radius 3 is 2.77 bits per heavy atom. The number of nitrogens with zero attached hydrogens (tertiary/aromatic N) is 3. The van der Waals surface area contributed by atoms with Crippen molar-refractivity contribution in [1.82, 2.24) is 25.0 Å². The molecule has 3 N–H and O–H groups in total. The molecule has 43 heavy (non-hydrogen) atoms. The number of ether oxygens (including phenoxy) is 1. The number of likely N-dealkylation sites (N-methyl/N-ethyl adjacent to an activating group) is 1. The van der Waals surface area contributed by atoms with Crippen LogP contribution in [0.4, 0.5) is 0 Å². The van der Waals surface area contributed by atoms with Gasteiger partial charge in [-0.25, -0.2) is 0 Å². The third kappa shape index (κ3) is 3.85. The highest BCUT2D eigenvalue weighted by Gasteiger charge is 2.73. The number of benzene rings is 1. The molecule has 4 saturated heterocycles. The number of carbonyl (C=O) groups is 3. The molecule has 5 heterocycles. The molecular formula is C33H45N5O5. The second-order valence-electron chi connectivity index (χ2n) is 14.6. The summed E-state index contributed by atoms with van der Waals surface area (Å²) in [7, 11) is 2.07. The van der Waals surface area contributed by atoms with Crippen LogP contribution in [0.2, 0.25) is 0 Å². The zero-order valence-electron chi connectivity index (χ0n) is 26.1. The van der Waals surface area contributed by atoms with Gasteiger partial charge in [-0.05, 0) is 61.8 Å². The van der Waals surface area contributed by atoms with Crippen LogP contribution in [0.25, 0.3) is 10.9 Å². The maximum absolute atomic E-state index is 14.6. The summed E-state index contributed by atoms with van der Waals surface area (Å²) in [5.41, 5.74) is 1.29. The van der Waals surface area contributed by atoms with Gasteiger partial charge in [-0.1, -0.05) is 46.8 Å². The zero-order valence-corrected chi connectivity index (χ0v) is 26.1. The summed E-state index contributed by atoms with van der Waals surface area (Å²) in [6.07, 6.45) is 5.55. The second kappa shape index (κ2) is 9.52. The van der Waals surface area contributed by atoms with Gasteiger partial charge in [0.05, 0.1) is 5.92 Å². The van der Waals surface area contributed by atoms with Crippen LogP contribution in [0.3, 0.4) is 0 Å². The second-order valence-corrected chi connectivity index (χ2v) is 14.6. The topological polar surface area (TPSA) is 118 Å². The average Bonchev–Trinajstić information content (AvgIpc) is 3.68. The van der Waals surface area contributed by atoms with E-state index in [1.807, 2.05) is 34.6 Å². The molecule has 10 heteroatoms. The van der Waals surface area contributed by atoms with Gasteiger partial charge < -0.3 is 25.2 Å². The molecule has 0 radical (unpaired) electrons. The van der Waals surface area contributed by atoms with Crippen molar-refractivity contribution in [2.75, 3.05) is 20.1 Å². The molecule has 7 atom stereocenters. The number of rotatable bonds is 5. The molecule has 0 saturated carbocycles. The van der Waals surface area contributed by atoms with Gasteiger partial charge in [-0.3, -0.25) is 24.0 Å². The first-order valence-corrected chi connectivity index (χ1v) is 16.0. The molecule has 4 aliphatic heterocycles. The number of piperazine rings is 1. The van der Waals surface area contributed by atoms with E-state index in [1.165, 1.54) is 21.4 Å². The Labute approximate surface area is 253 Å². The van der Waals surface area contributed by atoms with E-state index in [0.717, 1.165) is 18.4 Å². The van der Waals surface area contributed by atoms with E-state index in [1.54, 1.807) is 4.90 Å². The molecule has 1 aromatic carbocycles. The minimum atomic E-state index is -2.02. The standard InChI is InChI=1S/C33H45N5O5/c1-7-31(4,5)27-29(40)37-13-9-12-25(37)33(42)38(27)30(41)32(43-33,18(2)3)35-28(39)20-14-22-21-10-8-11-23-26(21)19(16-34-23)15-24(22)36(6)17-20/h8,10-11,16,18,20,22,24-25,27,34,42H,7,9,12-15,17H2,1-6H3,(H,35,39)/t20-,22+,24+,25-,27+,32-,33+/m1/s1. The fourth-order valence-corrected chi connectivity index (χ4v) is 8.76. The van der Waals surface area contributed by atoms with Gasteiger partial charge in [0.15, 0.2) is 0 Å². The van der Waals surface area contributed by atoms with Crippen molar-refractivity contribution < 1.29 is 24.2 Å². The van der Waals surface area contributed by atoms with Crippen LogP contribution in [0, 0.1) is 17.3 Å². The Morgan fingerprint density at radius 2 is 2.05 bits per heavy atom. The van der Waals surface area contributed by atoms with Crippen LogP contribution in [0.5, 0.6) is 0 Å². The first-order chi connectivity index (χ1) is 20.3. The Kier molecular flexibility index (Phi) is 6.38. The lowest BCUT2D eigenvalue weighted by Crippen LogP contribution is -2.73. The van der Waals surface area contributed by atoms with Crippen molar-refractivity contribution in [2.45, 2.75) is 102 Å². The lowest BCUT2D eigenvalue weighted by atomic mass is 9.72. The van der Waals surface area contributed by atoms with E-state index < -0.39 is 41.0 Å². The van der Waals surface area contributed by atoms with Gasteiger partial charge in [0.2, 0.25) is 17.5 Å². The molecule has 2 aromatic rings. The van der Waals surface area contributed by atoms with Gasteiger partial charge in [0.25, 0.3) is 11.8 Å². The molecule has 7 rings (SSSR count). The third-order valence-electron chi connectivity index (χ3n) is 11.5. The largest absolute Gasteiger partial charge is 0.361 e. The van der Waals surface area contributed by atoms with Crippen LogP contribution < -0.4 is 5.32 Å². The number of hydrogen-bond donors (Lipinski definition) is 3. The minimum Gasteiger partial charge on any atom is -0.361 e. The number of piperidine rings is 1. The summed E-state index contributed by atoms with van der Waals surface area (Å²) < 4.78 is 6.51. The molecule has 4 fully saturated rings. The number of likely N-dealkylation sites (tertiary alicyclic amines) is 1. The molecular weight excluding hydrogens is 546 g/mol. The average molecular weight is 592 g/mol. The van der Waals surface area contributed by atoms with Crippen LogP contribution in [0.15, 0.2) is 24.4 Å². The van der Waals surface area contributed by atoms with E-state index in [2.05, 4.69) is 46.6 Å². The van der Waals surface area contributed by atoms with Crippen LogP contribution >= 0.6 is 0 Å². The van der Waals surface area contributed by atoms with Gasteiger partial charge in [0, 0.05) is 48.1 Å². The molecule has 0 unspecified atom stereocenters. The maximum atomic E-state index is 14.6. The fourth-order valence-electron chi connectivity index (χ4n) is 8.76. The number of carbonyl (C=O) groups excluding carboxylic acids is 3. The van der Waals surface area contributed by atoms with E-state index in [4.69, 9.17) is 4.74 Å². The number of aromatic nitrogens is 1. The molecule has 3 amide bonds. The van der Waals surface area contributed by atoms with E-state index >= 15 is 0 Å². The van der Waals surface area contributed by atoms with Crippen molar-refractivity contribution in [3.63, 3.8) is 0 Å². The summed E-state index contributed by atoms with van der Waals surface area (Å²) in [6.45, 7) is 10.6. The molecule has 232 valence electrons. The van der Waals surface area contributed by atoms with Crippen molar-refractivity contribution >= 4 is 28.6 Å². The molecule has 0 bridgehead atoms. The summed E-state index contributed by atoms with van der Waals surface area (Å²) in [5, 5.41) is 16.6. The highest BCUT2D eigenvalue weighted by Crippen LogP contribution is 2.51. The maximum Gasteiger partial charge on any atom is 0.281 e. The predicted octanol–water partition coefficient (Wildman–Crippen LogP) is 2.91. The number of hydrogen-bond acceptors (Lipinski definition) is 6. The van der Waals surface area contributed by atoms with E-state index in [-0.39, 0.29) is 29.7 Å². The van der Waals surface area contributed by atoms with Gasteiger partial charge >= 0.3 is 0 Å². The molecule has 5 aliphatic rings. The molecule has 1 aromatic heterocycles. The summed E-state index contributed by atoms with van der Waals surface area (Å²) >= 11 is 0. The number of aliphatic hydroxyl groups is 1. The van der Waals surface area contributed by atoms with Gasteiger partial charge in [-0.15, -0.1) is 0 Å². The van der Waals surface area contributed by atoms with E-state index in [9.17, 15) is 19.5 Å². The lowest BCUT2D eigenvalue weighted by Gasteiger charge is -2.52. The van der Waals surface area contributed by atoms with Crippen molar-refractivity contribution in [3.05, 3.63) is 35.5 Å². The van der Waals surface area contributed by atoms with Crippen LogP contribution in [-0.4, -0.2) is 92.4 Å². The third-order valence-corrected chi connectivity index (χ3v) is 11.5. The summed E-state index contributed by atoms with van der Waals surface area (Å²) in [6, 6.07) is 5.05. The Bertz CT molecular complexity index is 1500. The van der Waals surface area contributed by atoms with Crippen molar-refractivity contribution in [1.29, 1.82) is 0 Å². The van der Waals surface area contributed by atoms with Crippen molar-refractivity contribution in [2.24, 2.45) is 17.3 Å². The highest BCUT2D eigenvalue weighted by molar-refractivity contribution is 5.98.